The monoisotopic (exact) mass is 269 g/mol. The molecule has 0 aliphatic heterocycles. The van der Waals surface area contributed by atoms with Crippen LogP contribution in [0.25, 0.3) is 0 Å². The van der Waals surface area contributed by atoms with Crippen LogP contribution in [0.3, 0.4) is 0 Å². The van der Waals surface area contributed by atoms with Gasteiger partial charge in [0.25, 0.3) is 0 Å². The molecule has 0 spiro atoms. The molecular formula is C10H12ClN5S. The Labute approximate surface area is 110 Å². The number of nitrogens with two attached hydrogens (primary N) is 1. The number of thiocarbonyl (C=S) groups is 1. The number of anilines is 1. The molecule has 0 bridgehead atoms. The minimum absolute atomic E-state index is 0.114. The van der Waals surface area contributed by atoms with Crippen molar-refractivity contribution in [3.8, 4) is 0 Å². The molecule has 0 aliphatic carbocycles. The normalized spacial score (nSPS) is 11.5. The van der Waals surface area contributed by atoms with Gasteiger partial charge in [-0.3, -0.25) is 10.9 Å². The number of halogens is 1. The van der Waals surface area contributed by atoms with E-state index in [9.17, 15) is 0 Å². The largest absolute Gasteiger partial charge is 0.375 e. The highest BCUT2D eigenvalue weighted by atomic mass is 35.5. The van der Waals surface area contributed by atoms with Crippen molar-refractivity contribution >= 4 is 46.5 Å². The topological polar surface area (TPSA) is 74.8 Å². The molecule has 17 heavy (non-hydrogen) atoms. The van der Waals surface area contributed by atoms with Crippen LogP contribution in [-0.2, 0) is 0 Å². The molecule has 1 aromatic rings. The fourth-order valence-corrected chi connectivity index (χ4v) is 1.07. The van der Waals surface area contributed by atoms with E-state index in [4.69, 9.17) is 17.3 Å². The number of hydrazone groups is 2. The van der Waals surface area contributed by atoms with Gasteiger partial charge >= 0.3 is 0 Å². The van der Waals surface area contributed by atoms with Crippen LogP contribution in [-0.4, -0.2) is 17.0 Å². The number of benzene rings is 1. The zero-order valence-corrected chi connectivity index (χ0v) is 10.7. The molecule has 90 valence electrons. The zero-order valence-electron chi connectivity index (χ0n) is 9.14. The lowest BCUT2D eigenvalue weighted by Crippen LogP contribution is -2.25. The minimum Gasteiger partial charge on any atom is -0.375 e. The summed E-state index contributed by atoms with van der Waals surface area (Å²) in [4.78, 5) is 0. The molecular weight excluding hydrogens is 258 g/mol. The molecule has 0 saturated heterocycles. The first-order valence-electron chi connectivity index (χ1n) is 4.72. The first-order valence-corrected chi connectivity index (χ1v) is 5.51. The summed E-state index contributed by atoms with van der Waals surface area (Å²) in [5.74, 6) is 0. The first kappa shape index (κ1) is 13.4. The maximum atomic E-state index is 5.75. The van der Waals surface area contributed by atoms with Gasteiger partial charge in [-0.2, -0.15) is 10.2 Å². The van der Waals surface area contributed by atoms with Crippen molar-refractivity contribution in [2.24, 2.45) is 15.9 Å². The zero-order chi connectivity index (χ0) is 12.7. The Morgan fingerprint density at radius 2 is 2.06 bits per heavy atom. The molecule has 0 amide bonds. The molecule has 0 aliphatic rings. The van der Waals surface area contributed by atoms with E-state index < -0.39 is 0 Å². The fraction of sp³-hybridized carbons (Fsp3) is 0.100. The summed E-state index contributed by atoms with van der Waals surface area (Å²) in [6, 6.07) is 7.18. The van der Waals surface area contributed by atoms with Gasteiger partial charge in [-0.25, -0.2) is 0 Å². The van der Waals surface area contributed by atoms with Crippen molar-refractivity contribution in [1.82, 2.24) is 5.43 Å². The van der Waals surface area contributed by atoms with Crippen LogP contribution in [0, 0.1) is 0 Å². The van der Waals surface area contributed by atoms with Crippen LogP contribution in [0.15, 0.2) is 34.5 Å². The summed E-state index contributed by atoms with van der Waals surface area (Å²) in [6.45, 7) is 1.76. The minimum atomic E-state index is 0.114. The average Bonchev–Trinajstić information content (AvgIpc) is 2.29. The molecule has 1 aromatic carbocycles. The number of hydrogen-bond donors (Lipinski definition) is 3. The van der Waals surface area contributed by atoms with Gasteiger partial charge < -0.3 is 5.73 Å². The van der Waals surface area contributed by atoms with Crippen LogP contribution in [0.5, 0.6) is 0 Å². The molecule has 0 fully saturated rings. The smallest absolute Gasteiger partial charge is 0.184 e. The Bertz CT molecular complexity index is 441. The SMILES string of the molecule is CC(C=NNc1ccc(Cl)cc1)=NNC(N)=S. The predicted octanol–water partition coefficient (Wildman–Crippen LogP) is 1.95. The molecule has 0 radical (unpaired) electrons. The number of rotatable bonds is 4. The van der Waals surface area contributed by atoms with E-state index in [1.54, 1.807) is 25.3 Å². The molecule has 1 rings (SSSR count). The van der Waals surface area contributed by atoms with E-state index in [0.29, 0.717) is 10.7 Å². The van der Waals surface area contributed by atoms with Crippen molar-refractivity contribution in [2.45, 2.75) is 6.92 Å². The third-order valence-electron chi connectivity index (χ3n) is 1.63. The van der Waals surface area contributed by atoms with Gasteiger partial charge in [0.05, 0.1) is 17.6 Å². The summed E-state index contributed by atoms with van der Waals surface area (Å²) in [6.07, 6.45) is 1.54. The highest BCUT2D eigenvalue weighted by molar-refractivity contribution is 7.80. The van der Waals surface area contributed by atoms with Crippen LogP contribution in [0.4, 0.5) is 5.69 Å². The number of nitrogens with zero attached hydrogens (tertiary/aromatic N) is 2. The quantitative estimate of drug-likeness (QED) is 0.444. The van der Waals surface area contributed by atoms with Crippen molar-refractivity contribution in [2.75, 3.05) is 5.43 Å². The Kier molecular flexibility index (Phi) is 5.38. The highest BCUT2D eigenvalue weighted by Crippen LogP contribution is 2.12. The summed E-state index contributed by atoms with van der Waals surface area (Å²) >= 11 is 10.4. The standard InChI is InChI=1S/C10H12ClN5S/c1-7(14-16-10(12)17)6-13-15-9-4-2-8(11)3-5-9/h2-6,15H,1H3,(H3,12,16,17). The van der Waals surface area contributed by atoms with Crippen molar-refractivity contribution in [3.05, 3.63) is 29.3 Å². The molecule has 0 saturated carbocycles. The summed E-state index contributed by atoms with van der Waals surface area (Å²) in [7, 11) is 0. The van der Waals surface area contributed by atoms with Gasteiger partial charge in [0.1, 0.15) is 0 Å². The molecule has 0 aromatic heterocycles. The molecule has 5 nitrogen and oxygen atoms in total. The Hall–Kier alpha value is -1.66. The molecule has 0 unspecified atom stereocenters. The van der Waals surface area contributed by atoms with E-state index in [1.807, 2.05) is 12.1 Å². The maximum Gasteiger partial charge on any atom is 0.184 e. The van der Waals surface area contributed by atoms with E-state index in [1.165, 1.54) is 0 Å². The molecule has 4 N–H and O–H groups in total. The van der Waals surface area contributed by atoms with Gasteiger partial charge in [0.15, 0.2) is 5.11 Å². The second kappa shape index (κ2) is 6.82. The molecule has 0 atom stereocenters. The lowest BCUT2D eigenvalue weighted by molar-refractivity contribution is 1.03. The second-order valence-electron chi connectivity index (χ2n) is 3.11. The highest BCUT2D eigenvalue weighted by Gasteiger charge is 1.90. The number of nitrogens with one attached hydrogen (secondary N) is 2. The summed E-state index contributed by atoms with van der Waals surface area (Å²) < 4.78 is 0. The van der Waals surface area contributed by atoms with E-state index >= 15 is 0 Å². The van der Waals surface area contributed by atoms with E-state index in [-0.39, 0.29) is 5.11 Å². The van der Waals surface area contributed by atoms with Gasteiger partial charge in [-0.05, 0) is 43.4 Å². The lowest BCUT2D eigenvalue weighted by atomic mass is 10.3. The Morgan fingerprint density at radius 3 is 2.65 bits per heavy atom. The van der Waals surface area contributed by atoms with Crippen molar-refractivity contribution in [1.29, 1.82) is 0 Å². The second-order valence-corrected chi connectivity index (χ2v) is 3.98. The lowest BCUT2D eigenvalue weighted by Gasteiger charge is -1.99. The van der Waals surface area contributed by atoms with Crippen LogP contribution in [0.1, 0.15) is 6.92 Å². The molecule has 0 heterocycles. The van der Waals surface area contributed by atoms with Crippen molar-refractivity contribution < 1.29 is 0 Å². The van der Waals surface area contributed by atoms with Crippen molar-refractivity contribution in [3.63, 3.8) is 0 Å². The Balaban J connectivity index is 2.47. The number of hydrogen-bond acceptors (Lipinski definition) is 4. The average molecular weight is 270 g/mol. The van der Waals surface area contributed by atoms with E-state index in [2.05, 4.69) is 33.3 Å². The van der Waals surface area contributed by atoms with E-state index in [0.717, 1.165) is 5.69 Å². The summed E-state index contributed by atoms with van der Waals surface area (Å²) in [5.41, 5.74) is 12.0. The summed E-state index contributed by atoms with van der Waals surface area (Å²) in [5, 5.41) is 8.63. The predicted molar refractivity (Wildman–Crippen MR) is 76.6 cm³/mol. The van der Waals surface area contributed by atoms with Gasteiger partial charge in [-0.15, -0.1) is 0 Å². The van der Waals surface area contributed by atoms with Crippen LogP contribution in [0.2, 0.25) is 5.02 Å². The third kappa shape index (κ3) is 5.84. The first-order chi connectivity index (χ1) is 8.08. The Morgan fingerprint density at radius 1 is 1.41 bits per heavy atom. The fourth-order valence-electron chi connectivity index (χ4n) is 0.897. The maximum absolute atomic E-state index is 5.75. The molecule has 7 heteroatoms. The van der Waals surface area contributed by atoms with Crippen LogP contribution >= 0.6 is 23.8 Å². The van der Waals surface area contributed by atoms with Gasteiger partial charge in [0, 0.05) is 5.02 Å². The van der Waals surface area contributed by atoms with Gasteiger partial charge in [-0.1, -0.05) is 11.6 Å². The third-order valence-corrected chi connectivity index (χ3v) is 1.97. The van der Waals surface area contributed by atoms with Gasteiger partial charge in [0.2, 0.25) is 0 Å². The van der Waals surface area contributed by atoms with Crippen LogP contribution < -0.4 is 16.6 Å².